The fourth-order valence-corrected chi connectivity index (χ4v) is 3.96. The van der Waals surface area contributed by atoms with E-state index in [-0.39, 0.29) is 16.5 Å². The van der Waals surface area contributed by atoms with E-state index >= 15 is 0 Å². The first-order valence-corrected chi connectivity index (χ1v) is 7.93. The van der Waals surface area contributed by atoms with Gasteiger partial charge < -0.3 is 5.11 Å². The van der Waals surface area contributed by atoms with Crippen LogP contribution in [0.4, 0.5) is 4.39 Å². The van der Waals surface area contributed by atoms with E-state index in [1.807, 2.05) is 0 Å². The van der Waals surface area contributed by atoms with Crippen LogP contribution in [-0.4, -0.2) is 19.6 Å². The van der Waals surface area contributed by atoms with Crippen LogP contribution in [0.5, 0.6) is 0 Å². The second-order valence-corrected chi connectivity index (χ2v) is 6.55. The van der Waals surface area contributed by atoms with Crippen molar-refractivity contribution in [3.63, 3.8) is 0 Å². The minimum absolute atomic E-state index is 0.0893. The van der Waals surface area contributed by atoms with Crippen molar-refractivity contribution in [3.8, 4) is 0 Å². The Balaban J connectivity index is 2.25. The van der Waals surface area contributed by atoms with Gasteiger partial charge in [-0.2, -0.15) is 0 Å². The van der Waals surface area contributed by atoms with Crippen LogP contribution in [0.2, 0.25) is 0 Å². The van der Waals surface area contributed by atoms with E-state index < -0.39 is 22.4 Å². The van der Waals surface area contributed by atoms with E-state index in [2.05, 4.69) is 4.72 Å². The first-order chi connectivity index (χ1) is 9.03. The van der Waals surface area contributed by atoms with Crippen LogP contribution in [0.1, 0.15) is 37.7 Å². The molecule has 19 heavy (non-hydrogen) atoms. The van der Waals surface area contributed by atoms with Crippen LogP contribution >= 0.6 is 0 Å². The molecule has 0 aliphatic heterocycles. The van der Waals surface area contributed by atoms with Gasteiger partial charge in [0.1, 0.15) is 5.82 Å². The number of sulfonamides is 1. The van der Waals surface area contributed by atoms with Gasteiger partial charge in [-0.15, -0.1) is 0 Å². The van der Waals surface area contributed by atoms with Crippen molar-refractivity contribution in [2.45, 2.75) is 49.6 Å². The molecular weight excluding hydrogens is 269 g/mol. The van der Waals surface area contributed by atoms with Crippen molar-refractivity contribution >= 4 is 10.0 Å². The van der Waals surface area contributed by atoms with Gasteiger partial charge in [0, 0.05) is 6.04 Å². The molecular formula is C13H18FNO3S. The summed E-state index contributed by atoms with van der Waals surface area (Å²) >= 11 is 0. The highest BCUT2D eigenvalue weighted by Gasteiger charge is 2.24. The summed E-state index contributed by atoms with van der Waals surface area (Å²) in [5.41, 5.74) is 0.213. The summed E-state index contributed by atoms with van der Waals surface area (Å²) in [5.74, 6) is -0.624. The maximum absolute atomic E-state index is 13.2. The topological polar surface area (TPSA) is 66.4 Å². The third kappa shape index (κ3) is 3.52. The number of halogens is 1. The second kappa shape index (κ2) is 5.98. The Kier molecular flexibility index (Phi) is 4.54. The quantitative estimate of drug-likeness (QED) is 0.889. The Bertz CT molecular complexity index is 539. The first kappa shape index (κ1) is 14.4. The number of aliphatic hydroxyl groups is 1. The number of hydrogen-bond acceptors (Lipinski definition) is 3. The molecule has 0 spiro atoms. The van der Waals surface area contributed by atoms with E-state index in [9.17, 15) is 12.8 Å². The van der Waals surface area contributed by atoms with Crippen molar-refractivity contribution in [2.75, 3.05) is 0 Å². The second-order valence-electron chi connectivity index (χ2n) is 4.87. The zero-order valence-electron chi connectivity index (χ0n) is 10.6. The van der Waals surface area contributed by atoms with Gasteiger partial charge in [-0.05, 0) is 30.5 Å². The fourth-order valence-electron chi connectivity index (χ4n) is 2.41. The van der Waals surface area contributed by atoms with Crippen molar-refractivity contribution in [2.24, 2.45) is 0 Å². The highest BCUT2D eigenvalue weighted by Crippen LogP contribution is 2.22. The number of aliphatic hydroxyl groups excluding tert-OH is 1. The molecule has 0 heterocycles. The molecule has 1 saturated carbocycles. The average molecular weight is 287 g/mol. The zero-order chi connectivity index (χ0) is 13.9. The highest BCUT2D eigenvalue weighted by molar-refractivity contribution is 7.89. The molecule has 2 rings (SSSR count). The summed E-state index contributed by atoms with van der Waals surface area (Å²) < 4.78 is 40.3. The molecule has 2 N–H and O–H groups in total. The molecule has 0 atom stereocenters. The normalized spacial score (nSPS) is 17.6. The van der Waals surface area contributed by atoms with E-state index in [0.717, 1.165) is 44.2 Å². The number of benzene rings is 1. The smallest absolute Gasteiger partial charge is 0.241 e. The van der Waals surface area contributed by atoms with E-state index in [0.29, 0.717) is 0 Å². The van der Waals surface area contributed by atoms with Crippen molar-refractivity contribution in [1.29, 1.82) is 0 Å². The number of rotatable bonds is 4. The van der Waals surface area contributed by atoms with E-state index in [1.165, 1.54) is 6.07 Å². The molecule has 1 fully saturated rings. The van der Waals surface area contributed by atoms with E-state index in [1.54, 1.807) is 0 Å². The molecule has 106 valence electrons. The van der Waals surface area contributed by atoms with Crippen LogP contribution in [0.3, 0.4) is 0 Å². The van der Waals surface area contributed by atoms with Crippen molar-refractivity contribution in [1.82, 2.24) is 4.72 Å². The minimum atomic E-state index is -3.78. The molecule has 1 aromatic rings. The van der Waals surface area contributed by atoms with Gasteiger partial charge in [-0.1, -0.05) is 25.3 Å². The van der Waals surface area contributed by atoms with Gasteiger partial charge in [0.25, 0.3) is 0 Å². The lowest BCUT2D eigenvalue weighted by atomic mass is 9.96. The molecule has 0 radical (unpaired) electrons. The minimum Gasteiger partial charge on any atom is -0.392 e. The predicted molar refractivity (Wildman–Crippen MR) is 69.5 cm³/mol. The van der Waals surface area contributed by atoms with Crippen LogP contribution in [0, 0.1) is 5.82 Å². The van der Waals surface area contributed by atoms with Crippen LogP contribution < -0.4 is 4.72 Å². The van der Waals surface area contributed by atoms with Crippen LogP contribution in [0.25, 0.3) is 0 Å². The molecule has 4 nitrogen and oxygen atoms in total. The molecule has 0 unspecified atom stereocenters. The van der Waals surface area contributed by atoms with Crippen molar-refractivity contribution < 1.29 is 17.9 Å². The summed E-state index contributed by atoms with van der Waals surface area (Å²) in [6.45, 7) is -0.429. The van der Waals surface area contributed by atoms with Gasteiger partial charge in [0.15, 0.2) is 0 Å². The summed E-state index contributed by atoms with van der Waals surface area (Å²) in [4.78, 5) is -0.166. The summed E-state index contributed by atoms with van der Waals surface area (Å²) in [5, 5.41) is 9.16. The van der Waals surface area contributed by atoms with Crippen molar-refractivity contribution in [3.05, 3.63) is 29.6 Å². The maximum atomic E-state index is 13.2. The monoisotopic (exact) mass is 287 g/mol. The molecule has 1 aliphatic rings. The fraction of sp³-hybridized carbons (Fsp3) is 0.538. The molecule has 0 bridgehead atoms. The first-order valence-electron chi connectivity index (χ1n) is 6.44. The molecule has 0 aromatic heterocycles. The standard InChI is InChI=1S/C13H18FNO3S/c14-11-7-6-10(9-16)13(8-11)19(17,18)15-12-4-2-1-3-5-12/h6-8,12,15-16H,1-5,9H2. The average Bonchev–Trinajstić information content (AvgIpc) is 2.39. The van der Waals surface area contributed by atoms with Crippen LogP contribution in [-0.2, 0) is 16.6 Å². The van der Waals surface area contributed by atoms with Gasteiger partial charge in [-0.25, -0.2) is 17.5 Å². The lowest BCUT2D eigenvalue weighted by molar-refractivity contribution is 0.278. The SMILES string of the molecule is O=S(=O)(NC1CCCCC1)c1cc(F)ccc1CO. The van der Waals surface area contributed by atoms with E-state index in [4.69, 9.17) is 5.11 Å². The molecule has 6 heteroatoms. The van der Waals surface area contributed by atoms with Crippen LogP contribution in [0.15, 0.2) is 23.1 Å². The highest BCUT2D eigenvalue weighted by atomic mass is 32.2. The summed E-state index contributed by atoms with van der Waals surface area (Å²) in [6.07, 6.45) is 4.75. The predicted octanol–water partition coefficient (Wildman–Crippen LogP) is 1.93. The lowest BCUT2D eigenvalue weighted by Crippen LogP contribution is -2.36. The Morgan fingerprint density at radius 3 is 2.58 bits per heavy atom. The zero-order valence-corrected chi connectivity index (χ0v) is 11.4. The Morgan fingerprint density at radius 1 is 1.26 bits per heavy atom. The summed E-state index contributed by atoms with van der Waals surface area (Å²) in [6, 6.07) is 3.31. The number of hydrogen-bond donors (Lipinski definition) is 2. The van der Waals surface area contributed by atoms with Gasteiger partial charge in [0.2, 0.25) is 10.0 Å². The van der Waals surface area contributed by atoms with Gasteiger partial charge in [0.05, 0.1) is 11.5 Å². The largest absolute Gasteiger partial charge is 0.392 e. The van der Waals surface area contributed by atoms with Gasteiger partial charge in [-0.3, -0.25) is 0 Å². The Labute approximate surface area is 112 Å². The third-order valence-electron chi connectivity index (χ3n) is 3.42. The Hall–Kier alpha value is -0.980. The third-order valence-corrected chi connectivity index (χ3v) is 5.02. The molecule has 0 amide bonds. The molecule has 0 saturated heterocycles. The summed E-state index contributed by atoms with van der Waals surface area (Å²) in [7, 11) is -3.78. The molecule has 1 aliphatic carbocycles. The Morgan fingerprint density at radius 2 is 1.95 bits per heavy atom. The number of nitrogens with one attached hydrogen (secondary N) is 1. The molecule has 1 aromatic carbocycles. The lowest BCUT2D eigenvalue weighted by Gasteiger charge is -2.23. The van der Waals surface area contributed by atoms with Gasteiger partial charge >= 0.3 is 0 Å². The maximum Gasteiger partial charge on any atom is 0.241 e.